The summed E-state index contributed by atoms with van der Waals surface area (Å²) in [5.41, 5.74) is 1.73. The highest BCUT2D eigenvalue weighted by Crippen LogP contribution is 2.22. The third-order valence-corrected chi connectivity index (χ3v) is 9.55. The molecular formula is C37H49FN6O6S. The number of anilines is 1. The topological polar surface area (TPSA) is 166 Å². The van der Waals surface area contributed by atoms with Crippen LogP contribution in [0.1, 0.15) is 72.5 Å². The molecule has 3 rings (SSSR count). The molecule has 4 atom stereocenters. The van der Waals surface area contributed by atoms with Crippen molar-refractivity contribution in [2.45, 2.75) is 65.2 Å². The van der Waals surface area contributed by atoms with Crippen LogP contribution >= 0.6 is 0 Å². The number of sulfonamides is 1. The highest BCUT2D eigenvalue weighted by atomic mass is 32.2. The molecule has 0 aliphatic heterocycles. The van der Waals surface area contributed by atoms with Crippen molar-refractivity contribution < 1.29 is 32.0 Å². The van der Waals surface area contributed by atoms with Crippen molar-refractivity contribution in [2.24, 2.45) is 5.92 Å². The molecule has 3 aromatic rings. The summed E-state index contributed by atoms with van der Waals surface area (Å²) in [7, 11) is -2.44. The van der Waals surface area contributed by atoms with Crippen LogP contribution in [0.15, 0.2) is 72.8 Å². The van der Waals surface area contributed by atoms with E-state index in [0.29, 0.717) is 18.5 Å². The normalized spacial score (nSPS) is 13.7. The Balaban J connectivity index is 1.87. The summed E-state index contributed by atoms with van der Waals surface area (Å²) in [6, 6.07) is 16.7. The van der Waals surface area contributed by atoms with E-state index in [1.165, 1.54) is 37.4 Å². The first-order chi connectivity index (χ1) is 24.0. The lowest BCUT2D eigenvalue weighted by atomic mass is 10.0. The second-order valence-electron chi connectivity index (χ2n) is 12.9. The molecule has 0 aliphatic rings. The summed E-state index contributed by atoms with van der Waals surface area (Å²) in [6.45, 7) is 9.45. The quantitative estimate of drug-likeness (QED) is 0.143. The summed E-state index contributed by atoms with van der Waals surface area (Å²) >= 11 is 0. The first kappa shape index (κ1) is 40.6. The second-order valence-corrected chi connectivity index (χ2v) is 14.9. The molecule has 14 heteroatoms. The van der Waals surface area contributed by atoms with Gasteiger partial charge in [0.2, 0.25) is 21.8 Å². The average Bonchev–Trinajstić information content (AvgIpc) is 3.08. The van der Waals surface area contributed by atoms with Gasteiger partial charge < -0.3 is 26.6 Å². The third kappa shape index (κ3) is 12.2. The molecule has 0 fully saturated rings. The minimum absolute atomic E-state index is 0.0353. The Kier molecular flexibility index (Phi) is 14.7. The van der Waals surface area contributed by atoms with Crippen LogP contribution in [0.25, 0.3) is 0 Å². The monoisotopic (exact) mass is 724 g/mol. The zero-order chi connectivity index (χ0) is 37.9. The van der Waals surface area contributed by atoms with E-state index in [-0.39, 0.29) is 41.1 Å². The third-order valence-electron chi connectivity index (χ3n) is 8.34. The molecule has 0 saturated heterocycles. The van der Waals surface area contributed by atoms with Crippen molar-refractivity contribution in [1.29, 1.82) is 0 Å². The van der Waals surface area contributed by atoms with E-state index in [4.69, 9.17) is 0 Å². The van der Waals surface area contributed by atoms with Gasteiger partial charge in [-0.15, -0.1) is 0 Å². The van der Waals surface area contributed by atoms with Gasteiger partial charge in [0, 0.05) is 37.3 Å². The smallest absolute Gasteiger partial charge is 0.251 e. The molecule has 276 valence electrons. The molecule has 0 radical (unpaired) electrons. The van der Waals surface area contributed by atoms with Gasteiger partial charge in [-0.1, -0.05) is 56.3 Å². The molecule has 3 aromatic carbocycles. The van der Waals surface area contributed by atoms with Crippen molar-refractivity contribution in [3.05, 3.63) is 101 Å². The molecular weight excluding hydrogens is 676 g/mol. The maximum Gasteiger partial charge on any atom is 0.251 e. The standard InChI is InChI=1S/C37H49FN6O6S/c1-8-39-37(48)33(23(2)3)43-34(45)25(5)40-22-31(18-26-12-10-9-11-13-26)42-36(47)29-19-28(20-32(21-29)44(6)51(7,49)50)35(46)41-24(4)27-14-16-30(38)17-15-27/h9-17,19-21,23-25,31,33,40H,8,18,22H2,1-7H3,(H,39,48)(H,41,46)(H,42,47)(H,43,45)/t24-,25-,31-,33-/m0/s1. The molecule has 0 unspecified atom stereocenters. The molecule has 0 spiro atoms. The number of likely N-dealkylation sites (N-methyl/N-ethyl adjacent to an activating group) is 1. The fourth-order valence-corrected chi connectivity index (χ4v) is 5.70. The maximum absolute atomic E-state index is 13.9. The van der Waals surface area contributed by atoms with Crippen LogP contribution in [-0.2, 0) is 26.0 Å². The van der Waals surface area contributed by atoms with Gasteiger partial charge in [-0.05, 0) is 74.6 Å². The fourth-order valence-electron chi connectivity index (χ4n) is 5.21. The average molecular weight is 725 g/mol. The minimum atomic E-state index is -3.76. The van der Waals surface area contributed by atoms with Gasteiger partial charge >= 0.3 is 0 Å². The summed E-state index contributed by atoms with van der Waals surface area (Å²) in [5.74, 6) is -2.36. The Morgan fingerprint density at radius 2 is 1.39 bits per heavy atom. The largest absolute Gasteiger partial charge is 0.355 e. The molecule has 5 N–H and O–H groups in total. The number of nitrogens with zero attached hydrogens (tertiary/aromatic N) is 1. The molecule has 4 amide bonds. The van der Waals surface area contributed by atoms with Gasteiger partial charge in [0.25, 0.3) is 11.8 Å². The number of carbonyl (C=O) groups is 4. The lowest BCUT2D eigenvalue weighted by Gasteiger charge is -2.25. The molecule has 0 heterocycles. The van der Waals surface area contributed by atoms with Gasteiger partial charge in [-0.3, -0.25) is 23.5 Å². The van der Waals surface area contributed by atoms with Crippen molar-refractivity contribution in [1.82, 2.24) is 26.6 Å². The summed E-state index contributed by atoms with van der Waals surface area (Å²) in [6.07, 6.45) is 1.39. The first-order valence-electron chi connectivity index (χ1n) is 16.8. The number of benzene rings is 3. The van der Waals surface area contributed by atoms with Crippen LogP contribution in [-0.4, -0.2) is 76.6 Å². The number of halogens is 1. The number of nitrogens with one attached hydrogen (secondary N) is 5. The van der Waals surface area contributed by atoms with Crippen LogP contribution in [0.2, 0.25) is 0 Å². The van der Waals surface area contributed by atoms with Crippen LogP contribution in [0, 0.1) is 11.7 Å². The van der Waals surface area contributed by atoms with Crippen LogP contribution in [0.3, 0.4) is 0 Å². The maximum atomic E-state index is 13.9. The number of rotatable bonds is 17. The number of amides is 4. The van der Waals surface area contributed by atoms with Gasteiger partial charge in [-0.25, -0.2) is 12.8 Å². The Hall–Kier alpha value is -4.82. The van der Waals surface area contributed by atoms with Crippen molar-refractivity contribution >= 4 is 39.3 Å². The van der Waals surface area contributed by atoms with E-state index < -0.39 is 51.8 Å². The Bertz CT molecular complexity index is 1770. The van der Waals surface area contributed by atoms with Crippen LogP contribution < -0.4 is 30.9 Å². The Morgan fingerprint density at radius 1 is 0.804 bits per heavy atom. The van der Waals surface area contributed by atoms with Gasteiger partial charge in [0.05, 0.1) is 24.0 Å². The molecule has 0 bridgehead atoms. The zero-order valence-corrected chi connectivity index (χ0v) is 30.9. The highest BCUT2D eigenvalue weighted by molar-refractivity contribution is 7.92. The van der Waals surface area contributed by atoms with Crippen LogP contribution in [0.4, 0.5) is 10.1 Å². The molecule has 0 aromatic heterocycles. The van der Waals surface area contributed by atoms with E-state index in [0.717, 1.165) is 16.1 Å². The Morgan fingerprint density at radius 3 is 1.94 bits per heavy atom. The van der Waals surface area contributed by atoms with E-state index in [2.05, 4.69) is 26.6 Å². The summed E-state index contributed by atoms with van der Waals surface area (Å²) in [5, 5.41) is 14.5. The van der Waals surface area contributed by atoms with E-state index >= 15 is 0 Å². The molecule has 0 saturated carbocycles. The van der Waals surface area contributed by atoms with E-state index in [1.807, 2.05) is 44.2 Å². The van der Waals surface area contributed by atoms with E-state index in [9.17, 15) is 32.0 Å². The fraction of sp³-hybridized carbons (Fsp3) is 0.405. The van der Waals surface area contributed by atoms with Gasteiger partial charge in [0.15, 0.2) is 0 Å². The summed E-state index contributed by atoms with van der Waals surface area (Å²) in [4.78, 5) is 52.9. The predicted molar refractivity (Wildman–Crippen MR) is 196 cm³/mol. The zero-order valence-electron chi connectivity index (χ0n) is 30.1. The predicted octanol–water partition coefficient (Wildman–Crippen LogP) is 3.31. The summed E-state index contributed by atoms with van der Waals surface area (Å²) < 4.78 is 39.4. The highest BCUT2D eigenvalue weighted by Gasteiger charge is 2.27. The molecule has 12 nitrogen and oxygen atoms in total. The second kappa shape index (κ2) is 18.4. The van der Waals surface area contributed by atoms with Crippen molar-refractivity contribution in [2.75, 3.05) is 30.7 Å². The molecule has 51 heavy (non-hydrogen) atoms. The van der Waals surface area contributed by atoms with E-state index in [1.54, 1.807) is 32.9 Å². The molecule has 0 aliphatic carbocycles. The van der Waals surface area contributed by atoms with Gasteiger partial charge in [0.1, 0.15) is 11.9 Å². The van der Waals surface area contributed by atoms with Gasteiger partial charge in [-0.2, -0.15) is 0 Å². The van der Waals surface area contributed by atoms with Crippen molar-refractivity contribution in [3.8, 4) is 0 Å². The number of hydrogen-bond donors (Lipinski definition) is 5. The minimum Gasteiger partial charge on any atom is -0.355 e. The van der Waals surface area contributed by atoms with Crippen LogP contribution in [0.5, 0.6) is 0 Å². The Labute approximate surface area is 300 Å². The lowest BCUT2D eigenvalue weighted by molar-refractivity contribution is -0.130. The first-order valence-corrected chi connectivity index (χ1v) is 18.7. The lowest BCUT2D eigenvalue weighted by Crippen LogP contribution is -2.55. The number of carbonyl (C=O) groups excluding carboxylic acids is 4. The van der Waals surface area contributed by atoms with Crippen molar-refractivity contribution in [3.63, 3.8) is 0 Å². The number of hydrogen-bond acceptors (Lipinski definition) is 7. The SMILES string of the molecule is CCNC(=O)[C@@H](NC(=O)[C@H](C)NC[C@H](Cc1ccccc1)NC(=O)c1cc(C(=O)N[C@@H](C)c2ccc(F)cc2)cc(N(C)S(C)(=O)=O)c1)C(C)C.